The van der Waals surface area contributed by atoms with Crippen LogP contribution >= 0.6 is 0 Å². The smallest absolute Gasteiger partial charge is 0.326 e. The average Bonchev–Trinajstić information content (AvgIpc) is 3.26. The number of rotatable bonds is 13. The second kappa shape index (κ2) is 13.2. The lowest BCUT2D eigenvalue weighted by molar-refractivity contribution is -0.142. The van der Waals surface area contributed by atoms with Gasteiger partial charge < -0.3 is 42.0 Å². The fourth-order valence-corrected chi connectivity index (χ4v) is 3.80. The molecule has 204 valence electrons. The highest BCUT2D eigenvalue weighted by Crippen LogP contribution is 2.19. The fraction of sp³-hybridized carbons (Fsp3) is 0.520. The molecule has 3 amide bonds. The van der Waals surface area contributed by atoms with Gasteiger partial charge in [-0.05, 0) is 31.4 Å². The summed E-state index contributed by atoms with van der Waals surface area (Å²) in [5.41, 5.74) is 7.14. The Morgan fingerprint density at radius 1 is 0.919 bits per heavy atom. The van der Waals surface area contributed by atoms with Crippen LogP contribution in [-0.4, -0.2) is 80.4 Å². The van der Waals surface area contributed by atoms with Crippen LogP contribution in [0.15, 0.2) is 30.5 Å². The molecule has 2 aromatic rings. The summed E-state index contributed by atoms with van der Waals surface area (Å²) in [6.07, 6.45) is -0.373. The van der Waals surface area contributed by atoms with Crippen LogP contribution in [0.25, 0.3) is 10.9 Å². The number of para-hydroxylation sites is 1. The Balaban J connectivity index is 2.19. The molecular weight excluding hydrogens is 482 g/mol. The Morgan fingerprint density at radius 3 is 2.08 bits per heavy atom. The predicted molar refractivity (Wildman–Crippen MR) is 136 cm³/mol. The molecule has 12 nitrogen and oxygen atoms in total. The van der Waals surface area contributed by atoms with Gasteiger partial charge in [-0.25, -0.2) is 4.79 Å². The minimum absolute atomic E-state index is 0.00977. The Labute approximate surface area is 215 Å². The molecule has 0 saturated carbocycles. The molecule has 9 N–H and O–H groups in total. The Kier molecular flexibility index (Phi) is 10.6. The SMILES string of the molecule is CCC(C)C(NC(=O)C(NC(=O)C(N)C(C)O)C(C)O)C(=O)NC(Cc1c[nH]c2ccccc12)C(=O)O. The Bertz CT molecular complexity index is 1100. The van der Waals surface area contributed by atoms with Crippen LogP contribution in [0.4, 0.5) is 0 Å². The largest absolute Gasteiger partial charge is 0.480 e. The van der Waals surface area contributed by atoms with Crippen LogP contribution in [0.1, 0.15) is 39.7 Å². The van der Waals surface area contributed by atoms with Crippen molar-refractivity contribution in [3.63, 3.8) is 0 Å². The third kappa shape index (κ3) is 7.75. The lowest BCUT2D eigenvalue weighted by Gasteiger charge is -2.29. The van der Waals surface area contributed by atoms with Crippen LogP contribution in [-0.2, 0) is 25.6 Å². The van der Waals surface area contributed by atoms with Crippen molar-refractivity contribution in [2.45, 2.75) is 76.9 Å². The molecule has 7 atom stereocenters. The molecule has 0 aliphatic carbocycles. The maximum absolute atomic E-state index is 13.2. The predicted octanol–water partition coefficient (Wildman–Crippen LogP) is -0.616. The monoisotopic (exact) mass is 519 g/mol. The van der Waals surface area contributed by atoms with E-state index in [2.05, 4.69) is 20.9 Å². The molecule has 2 rings (SSSR count). The normalized spacial score (nSPS) is 17.1. The van der Waals surface area contributed by atoms with Crippen molar-refractivity contribution >= 4 is 34.6 Å². The summed E-state index contributed by atoms with van der Waals surface area (Å²) in [5.74, 6) is -4.08. The molecule has 0 radical (unpaired) electrons. The van der Waals surface area contributed by atoms with E-state index in [0.717, 1.165) is 10.9 Å². The van der Waals surface area contributed by atoms with Gasteiger partial charge in [-0.2, -0.15) is 0 Å². The van der Waals surface area contributed by atoms with E-state index in [-0.39, 0.29) is 6.42 Å². The molecule has 7 unspecified atom stereocenters. The molecule has 0 aliphatic rings. The van der Waals surface area contributed by atoms with Crippen LogP contribution in [0.3, 0.4) is 0 Å². The zero-order chi connectivity index (χ0) is 27.9. The number of carboxylic acid groups (broad SMARTS) is 1. The Hall–Kier alpha value is -3.48. The van der Waals surface area contributed by atoms with E-state index in [4.69, 9.17) is 5.73 Å². The number of aliphatic hydroxyl groups is 2. The van der Waals surface area contributed by atoms with E-state index >= 15 is 0 Å². The van der Waals surface area contributed by atoms with Gasteiger partial charge >= 0.3 is 5.97 Å². The molecule has 1 aromatic carbocycles. The van der Waals surface area contributed by atoms with Gasteiger partial charge in [0.25, 0.3) is 0 Å². The first kappa shape index (κ1) is 29.7. The number of hydrogen-bond acceptors (Lipinski definition) is 7. The lowest BCUT2D eigenvalue weighted by Crippen LogP contribution is -2.61. The number of aromatic nitrogens is 1. The molecule has 12 heteroatoms. The second-order valence-electron chi connectivity index (χ2n) is 9.33. The van der Waals surface area contributed by atoms with Crippen molar-refractivity contribution in [2.24, 2.45) is 11.7 Å². The standard InChI is InChI=1S/C25H37N5O7/c1-5-12(2)20(29-24(35)21(14(4)32)30-22(33)19(26)13(3)31)23(34)28-18(25(36)37)10-15-11-27-17-9-7-6-8-16(15)17/h6-9,11-14,18-21,27,31-32H,5,10,26H2,1-4H3,(H,28,34)(H,29,35)(H,30,33)(H,36,37). The van der Waals surface area contributed by atoms with Crippen molar-refractivity contribution in [3.05, 3.63) is 36.0 Å². The molecule has 1 aromatic heterocycles. The van der Waals surface area contributed by atoms with Crippen LogP contribution in [0.2, 0.25) is 0 Å². The highest BCUT2D eigenvalue weighted by Gasteiger charge is 2.35. The van der Waals surface area contributed by atoms with Gasteiger partial charge in [0.1, 0.15) is 24.2 Å². The molecule has 0 aliphatic heterocycles. The Morgan fingerprint density at radius 2 is 1.51 bits per heavy atom. The summed E-state index contributed by atoms with van der Waals surface area (Å²) in [5, 5.41) is 37.6. The fourth-order valence-electron chi connectivity index (χ4n) is 3.80. The number of carbonyl (C=O) groups excluding carboxylic acids is 3. The molecule has 0 fully saturated rings. The van der Waals surface area contributed by atoms with Crippen molar-refractivity contribution in [1.29, 1.82) is 0 Å². The second-order valence-corrected chi connectivity index (χ2v) is 9.33. The average molecular weight is 520 g/mol. The van der Waals surface area contributed by atoms with Gasteiger partial charge in [0.2, 0.25) is 17.7 Å². The number of aromatic amines is 1. The first-order chi connectivity index (χ1) is 17.4. The molecule has 1 heterocycles. The number of aliphatic carboxylic acids is 1. The number of nitrogens with two attached hydrogens (primary N) is 1. The molecule has 0 saturated heterocycles. The van der Waals surface area contributed by atoms with E-state index in [0.29, 0.717) is 12.0 Å². The summed E-state index contributed by atoms with van der Waals surface area (Å²) in [6, 6.07) is 2.16. The van der Waals surface area contributed by atoms with Crippen LogP contribution in [0.5, 0.6) is 0 Å². The number of aliphatic hydroxyl groups excluding tert-OH is 2. The van der Waals surface area contributed by atoms with Crippen molar-refractivity contribution in [3.8, 4) is 0 Å². The summed E-state index contributed by atoms with van der Waals surface area (Å²) in [6.45, 7) is 6.09. The number of amides is 3. The lowest BCUT2D eigenvalue weighted by atomic mass is 9.96. The highest BCUT2D eigenvalue weighted by atomic mass is 16.4. The van der Waals surface area contributed by atoms with Crippen molar-refractivity contribution in [1.82, 2.24) is 20.9 Å². The molecule has 0 bridgehead atoms. The molecule has 37 heavy (non-hydrogen) atoms. The number of nitrogens with one attached hydrogen (secondary N) is 4. The number of hydrogen-bond donors (Lipinski definition) is 8. The van der Waals surface area contributed by atoms with Gasteiger partial charge in [-0.3, -0.25) is 14.4 Å². The van der Waals surface area contributed by atoms with E-state index in [1.165, 1.54) is 13.8 Å². The van der Waals surface area contributed by atoms with Gasteiger partial charge in [-0.1, -0.05) is 38.5 Å². The summed E-state index contributed by atoms with van der Waals surface area (Å²) in [7, 11) is 0. The third-order valence-electron chi connectivity index (χ3n) is 6.39. The first-order valence-electron chi connectivity index (χ1n) is 12.2. The van der Waals surface area contributed by atoms with Gasteiger partial charge in [0, 0.05) is 23.5 Å². The number of carbonyl (C=O) groups is 4. The topological polar surface area (TPSA) is 207 Å². The first-order valence-corrected chi connectivity index (χ1v) is 12.2. The third-order valence-corrected chi connectivity index (χ3v) is 6.39. The van der Waals surface area contributed by atoms with Crippen molar-refractivity contribution in [2.75, 3.05) is 0 Å². The van der Waals surface area contributed by atoms with Gasteiger partial charge in [0.15, 0.2) is 0 Å². The zero-order valence-electron chi connectivity index (χ0n) is 21.4. The van der Waals surface area contributed by atoms with Crippen LogP contribution in [0, 0.1) is 5.92 Å². The number of fused-ring (bicyclic) bond motifs is 1. The summed E-state index contributed by atoms with van der Waals surface area (Å²) >= 11 is 0. The minimum Gasteiger partial charge on any atom is -0.480 e. The van der Waals surface area contributed by atoms with E-state index in [1.807, 2.05) is 24.3 Å². The van der Waals surface area contributed by atoms with E-state index in [1.54, 1.807) is 20.0 Å². The number of H-pyrrole nitrogens is 1. The summed E-state index contributed by atoms with van der Waals surface area (Å²) < 4.78 is 0. The molecule has 0 spiro atoms. The molecular formula is C25H37N5O7. The number of benzene rings is 1. The van der Waals surface area contributed by atoms with Gasteiger partial charge in [0.05, 0.1) is 12.2 Å². The van der Waals surface area contributed by atoms with Crippen molar-refractivity contribution < 1.29 is 34.5 Å². The zero-order valence-corrected chi connectivity index (χ0v) is 21.4. The van der Waals surface area contributed by atoms with Crippen LogP contribution < -0.4 is 21.7 Å². The number of carboxylic acids is 1. The quantitative estimate of drug-likeness (QED) is 0.171. The summed E-state index contributed by atoms with van der Waals surface area (Å²) in [4.78, 5) is 53.5. The maximum Gasteiger partial charge on any atom is 0.326 e. The van der Waals surface area contributed by atoms with Gasteiger partial charge in [-0.15, -0.1) is 0 Å². The maximum atomic E-state index is 13.2. The van der Waals surface area contributed by atoms with E-state index in [9.17, 15) is 34.5 Å². The minimum atomic E-state index is -1.46. The van der Waals surface area contributed by atoms with E-state index < -0.39 is 66.0 Å². The highest BCUT2D eigenvalue weighted by molar-refractivity contribution is 5.95.